The molecule has 2 aromatic heterocycles. The van der Waals surface area contributed by atoms with Gasteiger partial charge in [0.05, 0.1) is 24.2 Å². The van der Waals surface area contributed by atoms with Crippen LogP contribution in [0, 0.1) is 13.8 Å². The van der Waals surface area contributed by atoms with Crippen molar-refractivity contribution < 1.29 is 19.1 Å². The van der Waals surface area contributed by atoms with Crippen LogP contribution in [0.1, 0.15) is 53.4 Å². The molecule has 2 heterocycles. The number of carbonyl (C=O) groups is 2. The Balaban J connectivity index is 1.84. The number of aryl methyl sites for hydroxylation is 2. The van der Waals surface area contributed by atoms with E-state index in [1.165, 1.54) is 23.3 Å². The Kier molecular flexibility index (Phi) is 8.28. The Morgan fingerprint density at radius 2 is 1.76 bits per heavy atom. The molecule has 0 atom stereocenters. The van der Waals surface area contributed by atoms with Gasteiger partial charge in [-0.3, -0.25) is 19.1 Å². The first kappa shape index (κ1) is 27.3. The quantitative estimate of drug-likeness (QED) is 0.440. The molecule has 4 N–H and O–H groups in total. The molecule has 2 amide bonds. The molecule has 11 heteroatoms. The lowest BCUT2D eigenvalue weighted by molar-refractivity contribution is 0.0523. The molecular formula is C26H32N6O5. The summed E-state index contributed by atoms with van der Waals surface area (Å²) in [7, 11) is 1.61. The fourth-order valence-electron chi connectivity index (χ4n) is 3.85. The van der Waals surface area contributed by atoms with Gasteiger partial charge in [-0.25, -0.2) is 9.78 Å². The van der Waals surface area contributed by atoms with E-state index >= 15 is 0 Å². The van der Waals surface area contributed by atoms with Gasteiger partial charge in [0.2, 0.25) is 0 Å². The number of benzene rings is 1. The second-order valence-corrected chi connectivity index (χ2v) is 9.58. The summed E-state index contributed by atoms with van der Waals surface area (Å²) in [6.45, 7) is 9.60. The molecule has 0 aliphatic heterocycles. The summed E-state index contributed by atoms with van der Waals surface area (Å²) >= 11 is 0. The maximum Gasteiger partial charge on any atom is 0.407 e. The first-order valence-corrected chi connectivity index (χ1v) is 11.6. The highest BCUT2D eigenvalue weighted by Gasteiger charge is 2.21. The van der Waals surface area contributed by atoms with Crippen LogP contribution >= 0.6 is 0 Å². The highest BCUT2D eigenvalue weighted by atomic mass is 16.6. The van der Waals surface area contributed by atoms with E-state index in [0.29, 0.717) is 23.5 Å². The van der Waals surface area contributed by atoms with Crippen molar-refractivity contribution >= 4 is 23.5 Å². The minimum Gasteiger partial charge on any atom is -0.444 e. The number of pyridine rings is 1. The van der Waals surface area contributed by atoms with Gasteiger partial charge >= 0.3 is 6.09 Å². The van der Waals surface area contributed by atoms with E-state index in [1.54, 1.807) is 33.9 Å². The van der Waals surface area contributed by atoms with Crippen LogP contribution in [-0.4, -0.2) is 39.2 Å². The number of ether oxygens (including phenoxy) is 2. The predicted octanol–water partition coefficient (Wildman–Crippen LogP) is 3.25. The molecule has 0 aliphatic rings. The van der Waals surface area contributed by atoms with E-state index in [-0.39, 0.29) is 17.9 Å². The van der Waals surface area contributed by atoms with E-state index in [2.05, 4.69) is 20.6 Å². The highest BCUT2D eigenvalue weighted by molar-refractivity contribution is 6.06. The number of alkyl carbamates (subject to hydrolysis) is 1. The number of methoxy groups -OCH3 is 1. The Bertz CT molecular complexity index is 1350. The number of carbonyl (C=O) groups excluding carboxylic acids is 2. The molecule has 0 aliphatic carbocycles. The van der Waals surface area contributed by atoms with Gasteiger partial charge in [-0.1, -0.05) is 12.1 Å². The summed E-state index contributed by atoms with van der Waals surface area (Å²) in [5.41, 5.74) is 8.57. The van der Waals surface area contributed by atoms with Gasteiger partial charge < -0.3 is 25.8 Å². The molecule has 0 bridgehead atoms. The maximum atomic E-state index is 13.4. The molecular weight excluding hydrogens is 476 g/mol. The zero-order valence-corrected chi connectivity index (χ0v) is 21.8. The lowest BCUT2D eigenvalue weighted by atomic mass is 10.0. The van der Waals surface area contributed by atoms with E-state index in [4.69, 9.17) is 15.2 Å². The van der Waals surface area contributed by atoms with Crippen LogP contribution in [-0.2, 0) is 22.6 Å². The summed E-state index contributed by atoms with van der Waals surface area (Å²) in [6.07, 6.45) is 3.69. The minimum atomic E-state index is -0.727. The van der Waals surface area contributed by atoms with E-state index in [0.717, 1.165) is 16.7 Å². The largest absolute Gasteiger partial charge is 0.444 e. The SMILES string of the molecule is COCc1cc(C)c(-n2cnc(N)c(C(=O)Nc3cncc(CNC(=O)OC(C)(C)C)c3)c2=O)c(C)c1. The number of hydrogen-bond donors (Lipinski definition) is 3. The molecule has 0 saturated carbocycles. The van der Waals surface area contributed by atoms with Crippen molar-refractivity contribution in [1.82, 2.24) is 19.9 Å². The van der Waals surface area contributed by atoms with Gasteiger partial charge in [-0.2, -0.15) is 0 Å². The number of nitrogens with two attached hydrogens (primary N) is 1. The summed E-state index contributed by atoms with van der Waals surface area (Å²) in [5.74, 6) is -0.921. The number of anilines is 2. The summed E-state index contributed by atoms with van der Waals surface area (Å²) in [4.78, 5) is 46.6. The second-order valence-electron chi connectivity index (χ2n) is 9.58. The molecule has 1 aromatic carbocycles. The number of amides is 2. The van der Waals surface area contributed by atoms with E-state index in [1.807, 2.05) is 26.0 Å². The number of hydrogen-bond acceptors (Lipinski definition) is 8. The second kappa shape index (κ2) is 11.2. The molecule has 3 rings (SSSR count). The number of rotatable bonds is 7. The summed E-state index contributed by atoms with van der Waals surface area (Å²) in [5, 5.41) is 5.27. The van der Waals surface area contributed by atoms with Gasteiger partial charge in [0.15, 0.2) is 0 Å². The van der Waals surface area contributed by atoms with Crippen LogP contribution in [0.15, 0.2) is 41.7 Å². The smallest absolute Gasteiger partial charge is 0.407 e. The normalized spacial score (nSPS) is 11.2. The fourth-order valence-corrected chi connectivity index (χ4v) is 3.85. The van der Waals surface area contributed by atoms with Crippen molar-refractivity contribution in [3.05, 3.63) is 75.1 Å². The Morgan fingerprint density at radius 3 is 2.38 bits per heavy atom. The Hall–Kier alpha value is -4.25. The van der Waals surface area contributed by atoms with Gasteiger partial charge in [0.25, 0.3) is 11.5 Å². The molecule has 11 nitrogen and oxygen atoms in total. The van der Waals surface area contributed by atoms with Crippen LogP contribution < -0.4 is 21.9 Å². The van der Waals surface area contributed by atoms with Crippen molar-refractivity contribution in [2.24, 2.45) is 0 Å². The van der Waals surface area contributed by atoms with Crippen LogP contribution in [0.3, 0.4) is 0 Å². The van der Waals surface area contributed by atoms with Gasteiger partial charge in [-0.15, -0.1) is 0 Å². The molecule has 196 valence electrons. The molecule has 0 radical (unpaired) electrons. The van der Waals surface area contributed by atoms with Crippen LogP contribution in [0.2, 0.25) is 0 Å². The first-order chi connectivity index (χ1) is 17.4. The van der Waals surface area contributed by atoms with Crippen molar-refractivity contribution in [1.29, 1.82) is 0 Å². The third kappa shape index (κ3) is 6.91. The fraction of sp³-hybridized carbons (Fsp3) is 0.346. The van der Waals surface area contributed by atoms with E-state index < -0.39 is 23.2 Å². The van der Waals surface area contributed by atoms with Gasteiger partial charge in [-0.05, 0) is 62.9 Å². The lowest BCUT2D eigenvalue weighted by Crippen LogP contribution is -2.32. The van der Waals surface area contributed by atoms with Crippen molar-refractivity contribution in [3.8, 4) is 5.69 Å². The van der Waals surface area contributed by atoms with Crippen molar-refractivity contribution in [3.63, 3.8) is 0 Å². The first-order valence-electron chi connectivity index (χ1n) is 11.6. The molecule has 0 saturated heterocycles. The maximum absolute atomic E-state index is 13.4. The topological polar surface area (TPSA) is 150 Å². The molecule has 0 spiro atoms. The minimum absolute atomic E-state index is 0.130. The monoisotopic (exact) mass is 508 g/mol. The third-order valence-corrected chi connectivity index (χ3v) is 5.22. The molecule has 0 fully saturated rings. The van der Waals surface area contributed by atoms with Crippen LogP contribution in [0.25, 0.3) is 5.69 Å². The highest BCUT2D eigenvalue weighted by Crippen LogP contribution is 2.21. The number of nitrogens with one attached hydrogen (secondary N) is 2. The third-order valence-electron chi connectivity index (χ3n) is 5.22. The Labute approximate surface area is 215 Å². The average molecular weight is 509 g/mol. The summed E-state index contributed by atoms with van der Waals surface area (Å²) < 4.78 is 11.7. The molecule has 3 aromatic rings. The van der Waals surface area contributed by atoms with E-state index in [9.17, 15) is 14.4 Å². The predicted molar refractivity (Wildman–Crippen MR) is 140 cm³/mol. The van der Waals surface area contributed by atoms with Gasteiger partial charge in [0, 0.05) is 19.9 Å². The van der Waals surface area contributed by atoms with Crippen LogP contribution in [0.4, 0.5) is 16.3 Å². The number of nitrogen functional groups attached to an aromatic ring is 1. The number of aromatic nitrogens is 3. The van der Waals surface area contributed by atoms with Crippen molar-refractivity contribution in [2.45, 2.75) is 53.4 Å². The lowest BCUT2D eigenvalue weighted by Gasteiger charge is -2.19. The molecule has 0 unspecified atom stereocenters. The number of nitrogens with zero attached hydrogens (tertiary/aromatic N) is 3. The molecule has 37 heavy (non-hydrogen) atoms. The average Bonchev–Trinajstić information content (AvgIpc) is 2.78. The zero-order valence-electron chi connectivity index (χ0n) is 21.8. The summed E-state index contributed by atoms with van der Waals surface area (Å²) in [6, 6.07) is 5.45. The van der Waals surface area contributed by atoms with Crippen LogP contribution in [0.5, 0.6) is 0 Å². The Morgan fingerprint density at radius 1 is 1.08 bits per heavy atom. The van der Waals surface area contributed by atoms with Gasteiger partial charge in [0.1, 0.15) is 23.3 Å². The van der Waals surface area contributed by atoms with Crippen molar-refractivity contribution in [2.75, 3.05) is 18.2 Å². The zero-order chi connectivity index (χ0) is 27.3. The standard InChI is InChI=1S/C26H32N6O5/c1-15-7-17(13-36-6)8-16(2)21(15)32-14-30-22(27)20(24(32)34)23(33)31-19-9-18(10-28-12-19)11-29-25(35)37-26(3,4)5/h7-10,12,14H,11,13,27H2,1-6H3,(H,29,35)(H,31,33).